The Kier molecular flexibility index (Phi) is 6.98. The summed E-state index contributed by atoms with van der Waals surface area (Å²) in [7, 11) is 2.27. The van der Waals surface area contributed by atoms with Gasteiger partial charge in [-0.15, -0.1) is 11.3 Å². The van der Waals surface area contributed by atoms with E-state index >= 15 is 4.39 Å². The number of ether oxygens (including phenoxy) is 2. The lowest BCUT2D eigenvalue weighted by Crippen LogP contribution is -2.47. The number of benzene rings is 1. The van der Waals surface area contributed by atoms with Crippen molar-refractivity contribution in [2.24, 2.45) is 0 Å². The summed E-state index contributed by atoms with van der Waals surface area (Å²) < 4.78 is 27.5. The number of thiophene rings is 1. The Hall–Kier alpha value is -2.63. The number of fused-ring (bicyclic) bond motifs is 2. The number of likely N-dealkylation sites (tertiary alicyclic amines) is 1. The van der Waals surface area contributed by atoms with Crippen molar-refractivity contribution in [3.05, 3.63) is 41.2 Å². The van der Waals surface area contributed by atoms with Gasteiger partial charge in [-0.1, -0.05) is 0 Å². The number of nitrogens with one attached hydrogen (secondary N) is 1. The maximum atomic E-state index is 15.2. The minimum absolute atomic E-state index is 0.304. The standard InChI is InChI=1S/C29H35FN6O2S/c1-34(20-7-13-38-18-20)19-5-9-35(10-6-19)17-21-16-25-27(39-21)29(36-11-14-37-15-12-36)33-28(32-25)26-22-4-8-31-24(22)3-2-23(26)30/h2-4,8,16,19-20,31H,5-7,9-15,17-18H2,1H3. The number of nitrogens with zero attached hydrogens (tertiary/aromatic N) is 5. The zero-order valence-corrected chi connectivity index (χ0v) is 23.2. The summed E-state index contributed by atoms with van der Waals surface area (Å²) in [5.74, 6) is 1.03. The van der Waals surface area contributed by atoms with E-state index in [0.29, 0.717) is 36.7 Å². The van der Waals surface area contributed by atoms with Gasteiger partial charge < -0.3 is 19.4 Å². The van der Waals surface area contributed by atoms with Crippen LogP contribution in [0.15, 0.2) is 30.5 Å². The molecule has 6 heterocycles. The van der Waals surface area contributed by atoms with Gasteiger partial charge in [0.2, 0.25) is 0 Å². The van der Waals surface area contributed by atoms with Gasteiger partial charge >= 0.3 is 0 Å². The first-order chi connectivity index (χ1) is 19.1. The second-order valence-corrected chi connectivity index (χ2v) is 12.1. The molecule has 3 saturated heterocycles. The number of aromatic nitrogens is 3. The van der Waals surface area contributed by atoms with Crippen molar-refractivity contribution in [2.45, 2.75) is 37.9 Å². The molecule has 1 atom stereocenters. The SMILES string of the molecule is CN(C1CCN(Cc2cc3nc(-c4c(F)ccc5[nH]ccc45)nc(N4CCOCC4)c3s2)CC1)C1CCOC1. The van der Waals surface area contributed by atoms with E-state index in [0.717, 1.165) is 79.3 Å². The van der Waals surface area contributed by atoms with Crippen LogP contribution in [0.5, 0.6) is 0 Å². The average Bonchev–Trinajstić information content (AvgIpc) is 3.74. The van der Waals surface area contributed by atoms with Crippen molar-refractivity contribution in [3.8, 4) is 11.4 Å². The van der Waals surface area contributed by atoms with Crippen LogP contribution in [0.1, 0.15) is 24.1 Å². The molecule has 10 heteroatoms. The number of likely N-dealkylation sites (N-methyl/N-ethyl adjacent to an activating group) is 1. The molecule has 1 N–H and O–H groups in total. The van der Waals surface area contributed by atoms with Crippen LogP contribution in [0, 0.1) is 5.82 Å². The maximum Gasteiger partial charge on any atom is 0.165 e. The molecule has 7 rings (SSSR count). The Morgan fingerprint density at radius 1 is 1.03 bits per heavy atom. The molecular formula is C29H35FN6O2S. The van der Waals surface area contributed by atoms with Crippen LogP contribution in [-0.4, -0.2) is 96.5 Å². The summed E-state index contributed by atoms with van der Waals surface area (Å²) in [6.45, 7) is 7.71. The topological polar surface area (TPSA) is 69.8 Å². The summed E-state index contributed by atoms with van der Waals surface area (Å²) in [5, 5.41) is 0.801. The van der Waals surface area contributed by atoms with E-state index in [-0.39, 0.29) is 5.82 Å². The van der Waals surface area contributed by atoms with Crippen LogP contribution in [0.2, 0.25) is 0 Å². The highest BCUT2D eigenvalue weighted by Gasteiger charge is 2.30. The molecule has 39 heavy (non-hydrogen) atoms. The summed E-state index contributed by atoms with van der Waals surface area (Å²) >= 11 is 1.78. The Morgan fingerprint density at radius 3 is 2.67 bits per heavy atom. The molecule has 0 saturated carbocycles. The van der Waals surface area contributed by atoms with Gasteiger partial charge in [-0.05, 0) is 50.6 Å². The van der Waals surface area contributed by atoms with Gasteiger partial charge in [0.25, 0.3) is 0 Å². The highest BCUT2D eigenvalue weighted by molar-refractivity contribution is 7.19. The van der Waals surface area contributed by atoms with E-state index in [1.807, 2.05) is 12.3 Å². The third kappa shape index (κ3) is 4.93. The molecule has 3 aliphatic heterocycles. The lowest BCUT2D eigenvalue weighted by molar-refractivity contribution is 0.0834. The van der Waals surface area contributed by atoms with Gasteiger partial charge in [-0.25, -0.2) is 14.4 Å². The lowest BCUT2D eigenvalue weighted by Gasteiger charge is -2.38. The fraction of sp³-hybridized carbons (Fsp3) is 0.517. The van der Waals surface area contributed by atoms with Crippen molar-refractivity contribution in [1.29, 1.82) is 0 Å². The van der Waals surface area contributed by atoms with Gasteiger partial charge in [0.1, 0.15) is 5.82 Å². The first-order valence-corrected chi connectivity index (χ1v) is 14.9. The Morgan fingerprint density at radius 2 is 1.87 bits per heavy atom. The maximum absolute atomic E-state index is 15.2. The van der Waals surface area contributed by atoms with E-state index in [1.165, 1.54) is 23.8 Å². The number of H-pyrrole nitrogens is 1. The number of morpholine rings is 1. The molecule has 0 bridgehead atoms. The summed E-state index contributed by atoms with van der Waals surface area (Å²) in [6.07, 6.45) is 5.34. The highest BCUT2D eigenvalue weighted by Crippen LogP contribution is 2.37. The third-order valence-corrected chi connectivity index (χ3v) is 9.72. The summed E-state index contributed by atoms with van der Waals surface area (Å²) in [6, 6.07) is 8.55. The van der Waals surface area contributed by atoms with Crippen molar-refractivity contribution < 1.29 is 13.9 Å². The molecule has 3 aliphatic rings. The molecule has 206 valence electrons. The van der Waals surface area contributed by atoms with Gasteiger partial charge in [0.05, 0.1) is 35.6 Å². The largest absolute Gasteiger partial charge is 0.380 e. The fourth-order valence-corrected chi connectivity index (χ4v) is 7.48. The normalized spacial score (nSPS) is 21.6. The predicted molar refractivity (Wildman–Crippen MR) is 153 cm³/mol. The van der Waals surface area contributed by atoms with Crippen LogP contribution in [0.4, 0.5) is 10.2 Å². The van der Waals surface area contributed by atoms with E-state index < -0.39 is 0 Å². The van der Waals surface area contributed by atoms with Crippen molar-refractivity contribution in [2.75, 3.05) is 64.6 Å². The van der Waals surface area contributed by atoms with Crippen LogP contribution < -0.4 is 4.90 Å². The van der Waals surface area contributed by atoms with Crippen LogP contribution in [-0.2, 0) is 16.0 Å². The molecular weight excluding hydrogens is 515 g/mol. The van der Waals surface area contributed by atoms with Crippen molar-refractivity contribution in [1.82, 2.24) is 24.8 Å². The van der Waals surface area contributed by atoms with Crippen LogP contribution in [0.3, 0.4) is 0 Å². The van der Waals surface area contributed by atoms with Gasteiger partial charge in [-0.2, -0.15) is 0 Å². The molecule has 3 fully saturated rings. The second kappa shape index (κ2) is 10.7. The third-order valence-electron chi connectivity index (χ3n) is 8.62. The fourth-order valence-electron chi connectivity index (χ4n) is 6.32. The van der Waals surface area contributed by atoms with Crippen molar-refractivity contribution in [3.63, 3.8) is 0 Å². The number of halogens is 1. The minimum atomic E-state index is -0.304. The number of hydrogen-bond donors (Lipinski definition) is 1. The van der Waals surface area contributed by atoms with E-state index in [2.05, 4.69) is 32.8 Å². The van der Waals surface area contributed by atoms with E-state index in [1.54, 1.807) is 17.4 Å². The Balaban J connectivity index is 1.17. The monoisotopic (exact) mass is 550 g/mol. The molecule has 1 aromatic carbocycles. The summed E-state index contributed by atoms with van der Waals surface area (Å²) in [5.41, 5.74) is 2.23. The predicted octanol–water partition coefficient (Wildman–Crippen LogP) is 4.50. The molecule has 0 radical (unpaired) electrons. The van der Waals surface area contributed by atoms with Gasteiger partial charge in [0, 0.05) is 73.4 Å². The van der Waals surface area contributed by atoms with E-state index in [4.69, 9.17) is 19.4 Å². The first kappa shape index (κ1) is 25.3. The molecule has 0 aliphatic carbocycles. The first-order valence-electron chi connectivity index (χ1n) is 14.0. The van der Waals surface area contributed by atoms with Gasteiger partial charge in [0.15, 0.2) is 11.6 Å². The zero-order chi connectivity index (χ0) is 26.3. The number of anilines is 1. The number of piperidine rings is 1. The quantitative estimate of drug-likeness (QED) is 0.379. The molecule has 3 aromatic heterocycles. The van der Waals surface area contributed by atoms with Crippen LogP contribution in [0.25, 0.3) is 32.5 Å². The average molecular weight is 551 g/mol. The number of hydrogen-bond acceptors (Lipinski definition) is 8. The highest BCUT2D eigenvalue weighted by atomic mass is 32.1. The Bertz CT molecular complexity index is 1450. The van der Waals surface area contributed by atoms with E-state index in [9.17, 15) is 0 Å². The molecule has 0 amide bonds. The minimum Gasteiger partial charge on any atom is -0.380 e. The van der Waals surface area contributed by atoms with Gasteiger partial charge in [-0.3, -0.25) is 9.80 Å². The molecule has 4 aromatic rings. The summed E-state index contributed by atoms with van der Waals surface area (Å²) in [4.78, 5) is 21.8. The Labute approximate surface area is 231 Å². The zero-order valence-electron chi connectivity index (χ0n) is 22.4. The number of aromatic amines is 1. The van der Waals surface area contributed by atoms with Crippen molar-refractivity contribution >= 4 is 38.3 Å². The molecule has 8 nitrogen and oxygen atoms in total. The smallest absolute Gasteiger partial charge is 0.165 e. The molecule has 0 spiro atoms. The second-order valence-electron chi connectivity index (χ2n) is 10.9. The number of rotatable bonds is 6. The lowest BCUT2D eigenvalue weighted by atomic mass is 10.0. The molecule has 1 unspecified atom stereocenters. The van der Waals surface area contributed by atoms with Crippen LogP contribution >= 0.6 is 11.3 Å².